The van der Waals surface area contributed by atoms with E-state index in [1.54, 1.807) is 42.5 Å². The highest BCUT2D eigenvalue weighted by atomic mass is 32.2. The second-order valence-electron chi connectivity index (χ2n) is 9.58. The smallest absolute Gasteiger partial charge is 0.264 e. The molecule has 0 radical (unpaired) electrons. The first-order valence-corrected chi connectivity index (χ1v) is 15.2. The van der Waals surface area contributed by atoms with Crippen LogP contribution in [0.25, 0.3) is 0 Å². The van der Waals surface area contributed by atoms with E-state index in [1.807, 2.05) is 67.6 Å². The van der Waals surface area contributed by atoms with Gasteiger partial charge in [0.1, 0.15) is 18.3 Å². The molecular formula is C33H35N3O5S. The van der Waals surface area contributed by atoms with Crippen molar-refractivity contribution in [3.05, 3.63) is 126 Å². The third kappa shape index (κ3) is 7.55. The van der Waals surface area contributed by atoms with Gasteiger partial charge in [-0.3, -0.25) is 13.9 Å². The lowest BCUT2D eigenvalue weighted by Gasteiger charge is -2.33. The van der Waals surface area contributed by atoms with Crippen LogP contribution in [0.4, 0.5) is 5.69 Å². The number of rotatable bonds is 13. The van der Waals surface area contributed by atoms with E-state index in [-0.39, 0.29) is 23.8 Å². The predicted octanol–water partition coefficient (Wildman–Crippen LogP) is 4.67. The van der Waals surface area contributed by atoms with Gasteiger partial charge >= 0.3 is 0 Å². The number of amides is 2. The van der Waals surface area contributed by atoms with Crippen LogP contribution in [0.15, 0.2) is 120 Å². The zero-order valence-electron chi connectivity index (χ0n) is 23.7. The van der Waals surface area contributed by atoms with Gasteiger partial charge in [0.15, 0.2) is 0 Å². The van der Waals surface area contributed by atoms with Crippen LogP contribution in [-0.4, -0.2) is 51.4 Å². The Morgan fingerprint density at radius 2 is 1.33 bits per heavy atom. The normalized spacial score (nSPS) is 11.8. The van der Waals surface area contributed by atoms with E-state index < -0.39 is 28.5 Å². The summed E-state index contributed by atoms with van der Waals surface area (Å²) in [6.07, 6.45) is 0.258. The lowest BCUT2D eigenvalue weighted by atomic mass is 10.0. The van der Waals surface area contributed by atoms with Crippen LogP contribution in [-0.2, 0) is 32.6 Å². The first-order valence-electron chi connectivity index (χ1n) is 13.7. The number of nitrogens with one attached hydrogen (secondary N) is 1. The van der Waals surface area contributed by atoms with Gasteiger partial charge in [-0.2, -0.15) is 0 Å². The Balaban J connectivity index is 1.76. The molecule has 4 rings (SSSR count). The fourth-order valence-electron chi connectivity index (χ4n) is 4.62. The monoisotopic (exact) mass is 585 g/mol. The Bertz CT molecular complexity index is 1550. The molecular weight excluding hydrogens is 550 g/mol. The minimum absolute atomic E-state index is 0.0495. The number of nitrogens with zero attached hydrogens (tertiary/aromatic N) is 2. The topological polar surface area (TPSA) is 96.0 Å². The lowest BCUT2D eigenvalue weighted by molar-refractivity contribution is -0.139. The van der Waals surface area contributed by atoms with Gasteiger partial charge in [-0.25, -0.2) is 8.42 Å². The molecule has 1 N–H and O–H groups in total. The average molecular weight is 586 g/mol. The van der Waals surface area contributed by atoms with Crippen molar-refractivity contribution in [3.63, 3.8) is 0 Å². The number of carbonyl (C=O) groups is 2. The van der Waals surface area contributed by atoms with E-state index in [2.05, 4.69) is 5.32 Å². The van der Waals surface area contributed by atoms with Gasteiger partial charge < -0.3 is 15.0 Å². The molecule has 0 aliphatic carbocycles. The number of benzene rings is 4. The summed E-state index contributed by atoms with van der Waals surface area (Å²) in [4.78, 5) is 29.0. The first kappa shape index (κ1) is 30.3. The van der Waals surface area contributed by atoms with Crippen LogP contribution >= 0.6 is 0 Å². The number of anilines is 1. The molecule has 1 atom stereocenters. The molecule has 0 aliphatic heterocycles. The maximum absolute atomic E-state index is 14.2. The molecule has 42 heavy (non-hydrogen) atoms. The van der Waals surface area contributed by atoms with Crippen molar-refractivity contribution < 1.29 is 22.7 Å². The second kappa shape index (κ2) is 14.3. The highest BCUT2D eigenvalue weighted by Gasteiger charge is 2.34. The third-order valence-corrected chi connectivity index (χ3v) is 8.55. The predicted molar refractivity (Wildman–Crippen MR) is 164 cm³/mol. The van der Waals surface area contributed by atoms with Gasteiger partial charge in [-0.15, -0.1) is 0 Å². The minimum atomic E-state index is -4.15. The van der Waals surface area contributed by atoms with Gasteiger partial charge in [0.2, 0.25) is 11.8 Å². The highest BCUT2D eigenvalue weighted by molar-refractivity contribution is 7.92. The molecule has 0 saturated carbocycles. The number of carbonyl (C=O) groups excluding carboxylic acids is 2. The molecule has 0 aliphatic rings. The molecule has 0 heterocycles. The van der Waals surface area contributed by atoms with Crippen molar-refractivity contribution in [2.24, 2.45) is 0 Å². The highest BCUT2D eigenvalue weighted by Crippen LogP contribution is 2.27. The first-order chi connectivity index (χ1) is 20.3. The quantitative estimate of drug-likeness (QED) is 0.246. The largest absolute Gasteiger partial charge is 0.494 e. The van der Waals surface area contributed by atoms with Crippen LogP contribution in [0.2, 0.25) is 0 Å². The van der Waals surface area contributed by atoms with E-state index in [0.717, 1.165) is 15.4 Å². The molecule has 0 bridgehead atoms. The summed E-state index contributed by atoms with van der Waals surface area (Å²) >= 11 is 0. The summed E-state index contributed by atoms with van der Waals surface area (Å²) in [6.45, 7) is 1.92. The van der Waals surface area contributed by atoms with E-state index >= 15 is 0 Å². The van der Waals surface area contributed by atoms with E-state index in [0.29, 0.717) is 18.0 Å². The van der Waals surface area contributed by atoms with Crippen molar-refractivity contribution >= 4 is 27.5 Å². The molecule has 4 aromatic rings. The third-order valence-electron chi connectivity index (χ3n) is 6.76. The van der Waals surface area contributed by atoms with E-state index in [1.165, 1.54) is 24.1 Å². The van der Waals surface area contributed by atoms with Gasteiger partial charge in [-0.05, 0) is 54.4 Å². The number of hydrogen-bond acceptors (Lipinski definition) is 5. The second-order valence-corrected chi connectivity index (χ2v) is 11.4. The van der Waals surface area contributed by atoms with Crippen molar-refractivity contribution in [2.45, 2.75) is 30.8 Å². The maximum atomic E-state index is 14.2. The fourth-order valence-corrected chi connectivity index (χ4v) is 6.06. The minimum Gasteiger partial charge on any atom is -0.494 e. The molecule has 4 aromatic carbocycles. The number of ether oxygens (including phenoxy) is 1. The molecule has 0 unspecified atom stereocenters. The van der Waals surface area contributed by atoms with Crippen LogP contribution in [0.3, 0.4) is 0 Å². The molecule has 218 valence electrons. The number of sulfonamides is 1. The summed E-state index contributed by atoms with van der Waals surface area (Å²) in [7, 11) is -2.62. The Hall–Kier alpha value is -4.63. The maximum Gasteiger partial charge on any atom is 0.264 e. The summed E-state index contributed by atoms with van der Waals surface area (Å²) in [5, 5.41) is 2.69. The number of hydrogen-bond donors (Lipinski definition) is 1. The van der Waals surface area contributed by atoms with Crippen LogP contribution in [0.1, 0.15) is 18.1 Å². The Morgan fingerprint density at radius 3 is 1.88 bits per heavy atom. The Labute approximate surface area is 247 Å². The summed E-state index contributed by atoms with van der Waals surface area (Å²) in [5.41, 5.74) is 1.98. The summed E-state index contributed by atoms with van der Waals surface area (Å²) < 4.78 is 34.5. The molecule has 9 heteroatoms. The van der Waals surface area contributed by atoms with Crippen molar-refractivity contribution in [3.8, 4) is 5.75 Å². The molecule has 2 amide bonds. The van der Waals surface area contributed by atoms with Gasteiger partial charge in [0, 0.05) is 20.0 Å². The Morgan fingerprint density at radius 1 is 0.786 bits per heavy atom. The van der Waals surface area contributed by atoms with Crippen molar-refractivity contribution in [2.75, 3.05) is 24.5 Å². The van der Waals surface area contributed by atoms with Gasteiger partial charge in [0.05, 0.1) is 17.2 Å². The lowest BCUT2D eigenvalue weighted by Crippen LogP contribution is -2.53. The molecule has 0 fully saturated rings. The average Bonchev–Trinajstić information content (AvgIpc) is 3.03. The summed E-state index contributed by atoms with van der Waals surface area (Å²) in [5.74, 6) is -0.281. The van der Waals surface area contributed by atoms with E-state index in [4.69, 9.17) is 4.74 Å². The molecule has 0 aromatic heterocycles. The molecule has 0 spiro atoms. The fraction of sp³-hybridized carbons (Fsp3) is 0.212. The molecule has 0 saturated heterocycles. The van der Waals surface area contributed by atoms with Crippen molar-refractivity contribution in [1.29, 1.82) is 0 Å². The Kier molecular flexibility index (Phi) is 10.3. The van der Waals surface area contributed by atoms with Crippen LogP contribution < -0.4 is 14.4 Å². The zero-order chi connectivity index (χ0) is 30.0. The molecule has 8 nitrogen and oxygen atoms in total. The standard InChI is InChI=1S/C33H35N3O5S/c1-3-41-29-21-19-28(20-22-29)36(42(39,40)30-17-11-6-12-18-30)25-32(37)35(24-27-15-9-5-10-16-27)31(33(38)34-2)23-26-13-7-4-8-14-26/h4-22,31H,3,23-25H2,1-2H3,(H,34,38)/t31-/m1/s1. The van der Waals surface area contributed by atoms with E-state index in [9.17, 15) is 18.0 Å². The van der Waals surface area contributed by atoms with Gasteiger partial charge in [0.25, 0.3) is 10.0 Å². The van der Waals surface area contributed by atoms with Gasteiger partial charge in [-0.1, -0.05) is 78.9 Å². The zero-order valence-corrected chi connectivity index (χ0v) is 24.5. The van der Waals surface area contributed by atoms with Crippen LogP contribution in [0, 0.1) is 0 Å². The SMILES string of the molecule is CCOc1ccc(N(CC(=O)N(Cc2ccccc2)[C@H](Cc2ccccc2)C(=O)NC)S(=O)(=O)c2ccccc2)cc1. The van der Waals surface area contributed by atoms with Crippen molar-refractivity contribution in [1.82, 2.24) is 10.2 Å². The summed E-state index contributed by atoms with van der Waals surface area (Å²) in [6, 6.07) is 32.4. The van der Waals surface area contributed by atoms with Crippen LogP contribution in [0.5, 0.6) is 5.75 Å². The number of likely N-dealkylation sites (N-methyl/N-ethyl adjacent to an activating group) is 1.